The van der Waals surface area contributed by atoms with Crippen molar-refractivity contribution in [2.75, 3.05) is 31.3 Å². The van der Waals surface area contributed by atoms with Crippen LogP contribution < -0.4 is 5.32 Å². The van der Waals surface area contributed by atoms with E-state index in [-0.39, 0.29) is 5.60 Å². The second kappa shape index (κ2) is 8.19. The smallest absolute Gasteiger partial charge is 0.0713 e. The van der Waals surface area contributed by atoms with Crippen LogP contribution in [0, 0.1) is 0 Å². The van der Waals surface area contributed by atoms with Crippen LogP contribution in [0.25, 0.3) is 0 Å². The molecule has 3 nitrogen and oxygen atoms in total. The quantitative estimate of drug-likeness (QED) is 0.788. The second-order valence-electron chi connectivity index (χ2n) is 6.92. The van der Waals surface area contributed by atoms with E-state index < -0.39 is 0 Å². The Labute approximate surface area is 133 Å². The molecular weight excluding hydrogens is 282 g/mol. The molecule has 2 aliphatic heterocycles. The predicted octanol–water partition coefficient (Wildman–Crippen LogP) is 3.37. The third-order valence-electron chi connectivity index (χ3n) is 5.34. The summed E-state index contributed by atoms with van der Waals surface area (Å²) in [5, 5.41) is 3.72. The van der Waals surface area contributed by atoms with Crippen molar-refractivity contribution in [1.82, 2.24) is 5.32 Å². The molecule has 3 aliphatic rings. The van der Waals surface area contributed by atoms with E-state index in [0.29, 0.717) is 12.1 Å². The van der Waals surface area contributed by atoms with Gasteiger partial charge >= 0.3 is 0 Å². The lowest BCUT2D eigenvalue weighted by Gasteiger charge is -2.43. The molecule has 0 aromatic carbocycles. The lowest BCUT2D eigenvalue weighted by Crippen LogP contribution is -2.49. The average molecular weight is 314 g/mol. The Balaban J connectivity index is 1.33. The van der Waals surface area contributed by atoms with Crippen molar-refractivity contribution in [3.8, 4) is 0 Å². The van der Waals surface area contributed by atoms with Gasteiger partial charge < -0.3 is 14.8 Å². The van der Waals surface area contributed by atoms with Gasteiger partial charge in [-0.05, 0) is 50.0 Å². The lowest BCUT2D eigenvalue weighted by atomic mass is 9.85. The first kappa shape index (κ1) is 16.1. The highest BCUT2D eigenvalue weighted by molar-refractivity contribution is 7.99. The Morgan fingerprint density at radius 3 is 2.71 bits per heavy atom. The number of thioether (sulfide) groups is 1. The fraction of sp³-hybridized carbons (Fsp3) is 1.00. The fourth-order valence-electron chi connectivity index (χ4n) is 4.01. The molecule has 1 aliphatic carbocycles. The van der Waals surface area contributed by atoms with Crippen molar-refractivity contribution in [2.24, 2.45) is 0 Å². The van der Waals surface area contributed by atoms with Crippen LogP contribution in [0.5, 0.6) is 0 Å². The molecule has 122 valence electrons. The van der Waals surface area contributed by atoms with Gasteiger partial charge in [-0.3, -0.25) is 0 Å². The number of hydrogen-bond acceptors (Lipinski definition) is 4. The van der Waals surface area contributed by atoms with Gasteiger partial charge in [-0.15, -0.1) is 0 Å². The summed E-state index contributed by atoms with van der Waals surface area (Å²) in [4.78, 5) is 0. The molecule has 0 aromatic heterocycles. The summed E-state index contributed by atoms with van der Waals surface area (Å²) in [5.74, 6) is 2.55. The van der Waals surface area contributed by atoms with Crippen LogP contribution in [0.3, 0.4) is 0 Å². The van der Waals surface area contributed by atoms with E-state index in [1.807, 2.05) is 0 Å². The van der Waals surface area contributed by atoms with Crippen molar-refractivity contribution < 1.29 is 9.47 Å². The molecule has 0 radical (unpaired) electrons. The summed E-state index contributed by atoms with van der Waals surface area (Å²) in [6.45, 7) is 2.82. The molecule has 1 N–H and O–H groups in total. The largest absolute Gasteiger partial charge is 0.377 e. The maximum atomic E-state index is 6.15. The van der Waals surface area contributed by atoms with E-state index in [4.69, 9.17) is 9.47 Å². The molecule has 3 fully saturated rings. The molecule has 0 amide bonds. The molecule has 0 bridgehead atoms. The number of rotatable bonds is 5. The Kier molecular flexibility index (Phi) is 6.28. The molecule has 21 heavy (non-hydrogen) atoms. The van der Waals surface area contributed by atoms with Gasteiger partial charge in [0.1, 0.15) is 0 Å². The van der Waals surface area contributed by atoms with Gasteiger partial charge in [0.15, 0.2) is 0 Å². The van der Waals surface area contributed by atoms with Crippen LogP contribution in [0.1, 0.15) is 57.8 Å². The lowest BCUT2D eigenvalue weighted by molar-refractivity contribution is -0.0938. The van der Waals surface area contributed by atoms with E-state index in [2.05, 4.69) is 17.1 Å². The van der Waals surface area contributed by atoms with Gasteiger partial charge in [-0.25, -0.2) is 0 Å². The van der Waals surface area contributed by atoms with Crippen LogP contribution in [0.15, 0.2) is 0 Å². The van der Waals surface area contributed by atoms with E-state index in [0.717, 1.165) is 19.8 Å². The van der Waals surface area contributed by atoms with Crippen molar-refractivity contribution >= 4 is 11.8 Å². The topological polar surface area (TPSA) is 30.5 Å². The normalized spacial score (nSPS) is 30.6. The van der Waals surface area contributed by atoms with E-state index in [1.165, 1.54) is 69.3 Å². The SMILES string of the molecule is C1CCC(OCCNC2CCOC3(CCSCC3)C2)CC1. The monoisotopic (exact) mass is 313 g/mol. The maximum Gasteiger partial charge on any atom is 0.0713 e. The minimum atomic E-state index is 0.200. The zero-order chi connectivity index (χ0) is 14.4. The molecule has 1 atom stereocenters. The second-order valence-corrected chi connectivity index (χ2v) is 8.14. The van der Waals surface area contributed by atoms with Gasteiger partial charge in [-0.1, -0.05) is 19.3 Å². The van der Waals surface area contributed by atoms with Crippen LogP contribution >= 0.6 is 11.8 Å². The Hall–Kier alpha value is 0.230. The molecule has 3 rings (SSSR count). The Morgan fingerprint density at radius 1 is 1.10 bits per heavy atom. The molecule has 1 saturated carbocycles. The molecule has 2 heterocycles. The number of ether oxygens (including phenoxy) is 2. The number of nitrogens with one attached hydrogen (secondary N) is 1. The first-order chi connectivity index (χ1) is 10.4. The molecule has 1 spiro atoms. The third-order valence-corrected chi connectivity index (χ3v) is 6.32. The van der Waals surface area contributed by atoms with Gasteiger partial charge in [-0.2, -0.15) is 11.8 Å². The summed E-state index contributed by atoms with van der Waals surface area (Å²) in [6, 6.07) is 0.636. The molecule has 2 saturated heterocycles. The number of hydrogen-bond donors (Lipinski definition) is 1. The van der Waals surface area contributed by atoms with Crippen molar-refractivity contribution in [2.45, 2.75) is 75.5 Å². The average Bonchev–Trinajstić information content (AvgIpc) is 2.54. The summed E-state index contributed by atoms with van der Waals surface area (Å²) in [7, 11) is 0. The third kappa shape index (κ3) is 4.85. The first-order valence-corrected chi connectivity index (χ1v) is 10.1. The van der Waals surface area contributed by atoms with Crippen molar-refractivity contribution in [1.29, 1.82) is 0 Å². The molecule has 4 heteroatoms. The van der Waals surface area contributed by atoms with Gasteiger partial charge in [0, 0.05) is 19.2 Å². The van der Waals surface area contributed by atoms with Crippen LogP contribution in [0.4, 0.5) is 0 Å². The fourth-order valence-corrected chi connectivity index (χ4v) is 5.25. The minimum absolute atomic E-state index is 0.200. The predicted molar refractivity (Wildman–Crippen MR) is 89.1 cm³/mol. The Bertz CT molecular complexity index is 296. The zero-order valence-corrected chi connectivity index (χ0v) is 14.1. The highest BCUT2D eigenvalue weighted by Crippen LogP contribution is 2.37. The molecular formula is C17H31NO2S. The Morgan fingerprint density at radius 2 is 1.90 bits per heavy atom. The summed E-state index contributed by atoms with van der Waals surface area (Å²) < 4.78 is 12.2. The van der Waals surface area contributed by atoms with E-state index in [1.54, 1.807) is 0 Å². The highest BCUT2D eigenvalue weighted by Gasteiger charge is 2.38. The standard InChI is InChI=1S/C17H31NO2S/c1-2-4-16(5-3-1)19-11-9-18-15-6-10-20-17(14-15)7-12-21-13-8-17/h15-16,18H,1-14H2. The molecule has 0 aromatic rings. The maximum absolute atomic E-state index is 6.15. The first-order valence-electron chi connectivity index (χ1n) is 8.93. The van der Waals surface area contributed by atoms with Crippen molar-refractivity contribution in [3.05, 3.63) is 0 Å². The van der Waals surface area contributed by atoms with Crippen LogP contribution in [0.2, 0.25) is 0 Å². The summed E-state index contributed by atoms with van der Waals surface area (Å²) in [5.41, 5.74) is 0.200. The van der Waals surface area contributed by atoms with E-state index in [9.17, 15) is 0 Å². The molecule has 1 unspecified atom stereocenters. The van der Waals surface area contributed by atoms with Gasteiger partial charge in [0.2, 0.25) is 0 Å². The summed E-state index contributed by atoms with van der Waals surface area (Å²) >= 11 is 2.08. The minimum Gasteiger partial charge on any atom is -0.377 e. The van der Waals surface area contributed by atoms with Gasteiger partial charge in [0.25, 0.3) is 0 Å². The van der Waals surface area contributed by atoms with Crippen LogP contribution in [-0.2, 0) is 9.47 Å². The van der Waals surface area contributed by atoms with Crippen LogP contribution in [-0.4, -0.2) is 49.0 Å². The highest BCUT2D eigenvalue weighted by atomic mass is 32.2. The van der Waals surface area contributed by atoms with Crippen molar-refractivity contribution in [3.63, 3.8) is 0 Å². The summed E-state index contributed by atoms with van der Waals surface area (Å²) in [6.07, 6.45) is 12.1. The van der Waals surface area contributed by atoms with E-state index >= 15 is 0 Å². The van der Waals surface area contributed by atoms with Gasteiger partial charge in [0.05, 0.1) is 18.3 Å². The zero-order valence-electron chi connectivity index (χ0n) is 13.3.